The normalized spacial score (nSPS) is 37.8. The maximum Gasteiger partial charge on any atom is 0.326 e. The first kappa shape index (κ1) is 12.8. The summed E-state index contributed by atoms with van der Waals surface area (Å²) in [5, 5.41) is 3.49. The Labute approximate surface area is 103 Å². The average molecular weight is 241 g/mol. The molecule has 2 fully saturated rings. The number of hydrogen-bond acceptors (Lipinski definition) is 4. The molecule has 0 bridgehead atoms. The number of esters is 1. The molecule has 1 aliphatic heterocycles. The highest BCUT2D eigenvalue weighted by atomic mass is 16.5. The first-order chi connectivity index (χ1) is 8.03. The minimum absolute atomic E-state index is 0.132. The van der Waals surface area contributed by atoms with Crippen LogP contribution in [0.2, 0.25) is 0 Å². The van der Waals surface area contributed by atoms with Crippen LogP contribution in [0.15, 0.2) is 0 Å². The molecule has 0 aromatic heterocycles. The second kappa shape index (κ2) is 4.58. The van der Waals surface area contributed by atoms with E-state index >= 15 is 0 Å². The fourth-order valence-corrected chi connectivity index (χ4v) is 2.65. The molecule has 1 aliphatic carbocycles. The number of nitrogens with one attached hydrogen (secondary N) is 1. The van der Waals surface area contributed by atoms with Gasteiger partial charge < -0.3 is 9.47 Å². The van der Waals surface area contributed by atoms with E-state index in [-0.39, 0.29) is 11.6 Å². The number of carbonyl (C=O) groups is 1. The molecule has 0 spiro atoms. The molecular formula is C13H23NO3. The zero-order valence-electron chi connectivity index (χ0n) is 11.0. The van der Waals surface area contributed by atoms with Crippen molar-refractivity contribution in [2.75, 3.05) is 13.7 Å². The summed E-state index contributed by atoms with van der Waals surface area (Å²) in [5.41, 5.74) is -0.743. The van der Waals surface area contributed by atoms with Crippen molar-refractivity contribution in [3.63, 3.8) is 0 Å². The van der Waals surface area contributed by atoms with Crippen molar-refractivity contribution in [2.45, 2.75) is 63.1 Å². The molecule has 1 saturated heterocycles. The molecular weight excluding hydrogens is 218 g/mol. The van der Waals surface area contributed by atoms with Gasteiger partial charge >= 0.3 is 5.97 Å². The number of hydrogen-bond donors (Lipinski definition) is 1. The Balaban J connectivity index is 2.16. The van der Waals surface area contributed by atoms with Gasteiger partial charge in [0.05, 0.1) is 12.7 Å². The van der Waals surface area contributed by atoms with Gasteiger partial charge in [-0.3, -0.25) is 10.1 Å². The highest BCUT2D eigenvalue weighted by Crippen LogP contribution is 2.37. The van der Waals surface area contributed by atoms with E-state index in [1.54, 1.807) is 0 Å². The number of rotatable bonds is 4. The maximum absolute atomic E-state index is 12.1. The molecule has 0 aromatic rings. The van der Waals surface area contributed by atoms with Crippen LogP contribution < -0.4 is 5.32 Å². The lowest BCUT2D eigenvalue weighted by Gasteiger charge is -2.44. The maximum atomic E-state index is 12.1. The quantitative estimate of drug-likeness (QED) is 0.760. The third kappa shape index (κ3) is 2.63. The average Bonchev–Trinajstić information content (AvgIpc) is 3.12. The SMILES string of the molecule is CCC1(C)CC(NC2CC2)(C(=O)OC)CCO1. The zero-order chi connectivity index (χ0) is 12.5. The smallest absolute Gasteiger partial charge is 0.326 e. The number of carbonyl (C=O) groups excluding carboxylic acids is 1. The lowest BCUT2D eigenvalue weighted by atomic mass is 9.79. The van der Waals surface area contributed by atoms with E-state index in [0.29, 0.717) is 25.5 Å². The Morgan fingerprint density at radius 1 is 1.53 bits per heavy atom. The van der Waals surface area contributed by atoms with Crippen molar-refractivity contribution in [2.24, 2.45) is 0 Å². The van der Waals surface area contributed by atoms with Gasteiger partial charge in [0.25, 0.3) is 0 Å². The summed E-state index contributed by atoms with van der Waals surface area (Å²) in [6.45, 7) is 4.81. The molecule has 0 amide bonds. The molecule has 2 atom stereocenters. The highest BCUT2D eigenvalue weighted by molar-refractivity contribution is 5.81. The van der Waals surface area contributed by atoms with E-state index in [1.165, 1.54) is 20.0 Å². The van der Waals surface area contributed by atoms with Gasteiger partial charge in [0.2, 0.25) is 0 Å². The van der Waals surface area contributed by atoms with Crippen molar-refractivity contribution in [3.05, 3.63) is 0 Å². The molecule has 2 aliphatic rings. The van der Waals surface area contributed by atoms with Gasteiger partial charge in [-0.15, -0.1) is 0 Å². The molecule has 1 saturated carbocycles. The molecule has 1 N–H and O–H groups in total. The van der Waals surface area contributed by atoms with Crippen LogP contribution in [0.4, 0.5) is 0 Å². The molecule has 17 heavy (non-hydrogen) atoms. The Kier molecular flexibility index (Phi) is 3.46. The standard InChI is InChI=1S/C13H23NO3/c1-4-12(2)9-13(7-8-17-12,11(15)16-3)14-10-5-6-10/h10,14H,4-9H2,1-3H3. The van der Waals surface area contributed by atoms with Crippen molar-refractivity contribution < 1.29 is 14.3 Å². The van der Waals surface area contributed by atoms with E-state index in [0.717, 1.165) is 6.42 Å². The predicted molar refractivity (Wildman–Crippen MR) is 64.8 cm³/mol. The van der Waals surface area contributed by atoms with Crippen molar-refractivity contribution >= 4 is 5.97 Å². The zero-order valence-corrected chi connectivity index (χ0v) is 11.0. The van der Waals surface area contributed by atoms with E-state index < -0.39 is 5.54 Å². The summed E-state index contributed by atoms with van der Waals surface area (Å²) in [6.07, 6.45) is 4.68. The second-order valence-electron chi connectivity index (χ2n) is 5.57. The topological polar surface area (TPSA) is 47.6 Å². The fourth-order valence-electron chi connectivity index (χ4n) is 2.65. The minimum Gasteiger partial charge on any atom is -0.468 e. The molecule has 2 rings (SSSR count). The van der Waals surface area contributed by atoms with E-state index in [1.807, 2.05) is 0 Å². The molecule has 0 radical (unpaired) electrons. The molecule has 2 unspecified atom stereocenters. The first-order valence-electron chi connectivity index (χ1n) is 6.54. The van der Waals surface area contributed by atoms with Gasteiger partial charge in [-0.05, 0) is 32.6 Å². The summed E-state index contributed by atoms with van der Waals surface area (Å²) < 4.78 is 10.8. The monoisotopic (exact) mass is 241 g/mol. The molecule has 4 heteroatoms. The minimum atomic E-state index is -0.529. The summed E-state index contributed by atoms with van der Waals surface area (Å²) >= 11 is 0. The van der Waals surface area contributed by atoms with Gasteiger partial charge in [0, 0.05) is 19.1 Å². The first-order valence-corrected chi connectivity index (χ1v) is 6.54. The molecule has 4 nitrogen and oxygen atoms in total. The second-order valence-corrected chi connectivity index (χ2v) is 5.57. The van der Waals surface area contributed by atoms with Crippen LogP contribution in [0.1, 0.15) is 46.0 Å². The van der Waals surface area contributed by atoms with E-state index in [2.05, 4.69) is 19.2 Å². The Hall–Kier alpha value is -0.610. The van der Waals surface area contributed by atoms with Crippen LogP contribution in [-0.4, -0.2) is 36.9 Å². The largest absolute Gasteiger partial charge is 0.468 e. The van der Waals surface area contributed by atoms with Crippen molar-refractivity contribution in [1.82, 2.24) is 5.32 Å². The van der Waals surface area contributed by atoms with Crippen LogP contribution in [0.25, 0.3) is 0 Å². The van der Waals surface area contributed by atoms with Gasteiger partial charge in [-0.2, -0.15) is 0 Å². The van der Waals surface area contributed by atoms with E-state index in [4.69, 9.17) is 9.47 Å². The predicted octanol–water partition coefficient (Wildman–Crippen LogP) is 1.63. The molecule has 98 valence electrons. The fraction of sp³-hybridized carbons (Fsp3) is 0.923. The molecule has 0 aromatic carbocycles. The summed E-state index contributed by atoms with van der Waals surface area (Å²) in [7, 11) is 1.47. The lowest BCUT2D eigenvalue weighted by Crippen LogP contribution is -2.61. The summed E-state index contributed by atoms with van der Waals surface area (Å²) in [5.74, 6) is -0.132. The van der Waals surface area contributed by atoms with Gasteiger partial charge in [-0.1, -0.05) is 6.92 Å². The van der Waals surface area contributed by atoms with Gasteiger partial charge in [0.15, 0.2) is 0 Å². The van der Waals surface area contributed by atoms with E-state index in [9.17, 15) is 4.79 Å². The van der Waals surface area contributed by atoms with Crippen LogP contribution in [0, 0.1) is 0 Å². The summed E-state index contributed by atoms with van der Waals surface area (Å²) in [4.78, 5) is 12.1. The van der Waals surface area contributed by atoms with Crippen molar-refractivity contribution in [3.8, 4) is 0 Å². The van der Waals surface area contributed by atoms with Crippen LogP contribution in [0.5, 0.6) is 0 Å². The number of methoxy groups -OCH3 is 1. The third-order valence-corrected chi connectivity index (χ3v) is 4.04. The van der Waals surface area contributed by atoms with Gasteiger partial charge in [-0.25, -0.2) is 0 Å². The Bertz CT molecular complexity index is 303. The molecule has 1 heterocycles. The van der Waals surface area contributed by atoms with Crippen LogP contribution in [-0.2, 0) is 14.3 Å². The van der Waals surface area contributed by atoms with Crippen LogP contribution >= 0.6 is 0 Å². The number of ether oxygens (including phenoxy) is 2. The lowest BCUT2D eigenvalue weighted by molar-refractivity contribution is -0.164. The highest BCUT2D eigenvalue weighted by Gasteiger charge is 2.50. The Morgan fingerprint density at radius 3 is 2.76 bits per heavy atom. The van der Waals surface area contributed by atoms with Crippen LogP contribution in [0.3, 0.4) is 0 Å². The van der Waals surface area contributed by atoms with Gasteiger partial charge in [0.1, 0.15) is 5.54 Å². The Morgan fingerprint density at radius 2 is 2.24 bits per heavy atom. The van der Waals surface area contributed by atoms with Crippen molar-refractivity contribution in [1.29, 1.82) is 0 Å². The third-order valence-electron chi connectivity index (χ3n) is 4.04. The summed E-state index contributed by atoms with van der Waals surface area (Å²) in [6, 6.07) is 0.494.